The van der Waals surface area contributed by atoms with E-state index >= 15 is 0 Å². The molecule has 4 aliphatic rings. The Labute approximate surface area is 210 Å². The van der Waals surface area contributed by atoms with Crippen LogP contribution in [0.4, 0.5) is 5.69 Å². The second-order valence-corrected chi connectivity index (χ2v) is 14.8. The van der Waals surface area contributed by atoms with Gasteiger partial charge in [-0.1, -0.05) is 0 Å². The van der Waals surface area contributed by atoms with Crippen LogP contribution >= 0.6 is 19.5 Å². The summed E-state index contributed by atoms with van der Waals surface area (Å²) in [4.78, 5) is 2.23. The molecule has 173 valence electrons. The zero-order chi connectivity index (χ0) is 22.0. The van der Waals surface area contributed by atoms with Crippen molar-refractivity contribution in [3.63, 3.8) is 0 Å². The average molecular weight is 557 g/mol. The average Bonchev–Trinajstić information content (AvgIpc) is 3.58. The van der Waals surface area contributed by atoms with Gasteiger partial charge in [0.1, 0.15) is 0 Å². The van der Waals surface area contributed by atoms with Crippen LogP contribution < -0.4 is 14.2 Å². The number of halogens is 1. The Bertz CT molecular complexity index is 994. The monoisotopic (exact) mass is 556 g/mol. The number of nitrogens with zero attached hydrogens (tertiary/aromatic N) is 1. The standard InChI is InChI=1S/C28H34ClNP.Pd/c1-30(2)25-6-4-3-5-23(25)20-11-12-24(29)28(17-20)31(26-15-18-7-9-21(26)13-18)27-16-19-8-10-22(27)14-19;/h3-6,11-12,18-19,21-22,26-27H,7-10,13-16H2,1-2H3;. The third-order valence-electron chi connectivity index (χ3n) is 9.09. The van der Waals surface area contributed by atoms with Crippen molar-refractivity contribution in [1.29, 1.82) is 0 Å². The molecule has 0 radical (unpaired) electrons. The van der Waals surface area contributed by atoms with Crippen LogP contribution in [0.3, 0.4) is 0 Å². The molecule has 4 bridgehead atoms. The molecule has 4 saturated carbocycles. The van der Waals surface area contributed by atoms with Crippen LogP contribution in [-0.2, 0) is 19.2 Å². The molecule has 6 atom stereocenters. The van der Waals surface area contributed by atoms with E-state index in [0.717, 1.165) is 40.0 Å². The van der Waals surface area contributed by atoms with Crippen LogP contribution in [0.2, 0.25) is 5.02 Å². The normalized spacial score (nSPS) is 33.8. The van der Waals surface area contributed by atoms with Gasteiger partial charge in [-0.15, -0.1) is 0 Å². The van der Waals surface area contributed by atoms with Gasteiger partial charge in [0.25, 0.3) is 0 Å². The van der Waals surface area contributed by atoms with Crippen molar-refractivity contribution in [1.82, 2.24) is 0 Å². The van der Waals surface area contributed by atoms with E-state index in [1.54, 1.807) is 0 Å². The topological polar surface area (TPSA) is 3.24 Å². The first-order valence-electron chi connectivity index (χ1n) is 12.5. The fourth-order valence-corrected chi connectivity index (χ4v) is 13.7. The van der Waals surface area contributed by atoms with Crippen LogP contribution in [0.5, 0.6) is 0 Å². The van der Waals surface area contributed by atoms with Gasteiger partial charge in [0.2, 0.25) is 0 Å². The number of hydrogen-bond acceptors (Lipinski definition) is 1. The number of fused-ring (bicyclic) bond motifs is 4. The Morgan fingerprint density at radius 2 is 1.44 bits per heavy atom. The summed E-state index contributed by atoms with van der Waals surface area (Å²) in [5, 5.41) is 2.54. The minimum atomic E-state index is -0.244. The van der Waals surface area contributed by atoms with E-state index in [9.17, 15) is 0 Å². The second kappa shape index (κ2) is 8.69. The third-order valence-corrected chi connectivity index (χ3v) is 14.3. The number of benzene rings is 2. The molecule has 0 heterocycles. The minimum absolute atomic E-state index is 0.244. The summed E-state index contributed by atoms with van der Waals surface area (Å²) in [6, 6.07) is 13.3. The number of hydrogen-bond donors (Lipinski definition) is 0. The quantitative estimate of drug-likeness (QED) is 0.291. The molecular weight excluding hydrogens is 523 g/mol. The van der Waals surface area contributed by atoms with Gasteiger partial charge in [0, 0.05) is 0 Å². The van der Waals surface area contributed by atoms with Crippen LogP contribution in [0.25, 0.3) is 11.1 Å². The van der Waals surface area contributed by atoms with E-state index in [4.69, 9.17) is 11.6 Å². The van der Waals surface area contributed by atoms with Crippen LogP contribution in [0.15, 0.2) is 36.4 Å². The first-order chi connectivity index (χ1) is 15.5. The first-order valence-corrected chi connectivity index (χ1v) is 15.1. The number of para-hydroxylation sites is 1. The van der Waals surface area contributed by atoms with E-state index in [0.29, 0.717) is 0 Å². The number of rotatable bonds is 5. The molecule has 2 aromatic carbocycles. The summed E-state index contributed by atoms with van der Waals surface area (Å²) >= 11 is 10.9. The van der Waals surface area contributed by atoms with Crippen LogP contribution in [0.1, 0.15) is 51.4 Å². The second-order valence-electron chi connectivity index (χ2n) is 11.0. The Balaban J connectivity index is 1.48. The van der Waals surface area contributed by atoms with Gasteiger partial charge in [-0.25, -0.2) is 0 Å². The van der Waals surface area contributed by atoms with Crippen molar-refractivity contribution < 1.29 is 19.2 Å². The number of anilines is 1. The van der Waals surface area contributed by atoms with Gasteiger partial charge in [-0.3, -0.25) is 0 Å². The van der Waals surface area contributed by atoms with Crippen molar-refractivity contribution in [3.8, 4) is 11.1 Å². The molecule has 0 saturated heterocycles. The summed E-state index contributed by atoms with van der Waals surface area (Å²) < 4.78 is 1.33. The van der Waals surface area contributed by atoms with Crippen LogP contribution in [-0.4, -0.2) is 25.4 Å². The molecular formula is C28H34ClNPPd. The predicted molar refractivity (Wildman–Crippen MR) is 136 cm³/mol. The zero-order valence-corrected chi connectivity index (χ0v) is 22.4. The van der Waals surface area contributed by atoms with Crippen molar-refractivity contribution in [3.05, 3.63) is 41.4 Å². The van der Waals surface area contributed by atoms with E-state index in [1.165, 1.54) is 77.5 Å². The van der Waals surface area contributed by atoms with Crippen LogP contribution in [0, 0.1) is 23.7 Å². The Morgan fingerprint density at radius 1 is 0.812 bits per heavy atom. The van der Waals surface area contributed by atoms with Gasteiger partial charge in [0.05, 0.1) is 0 Å². The molecule has 0 aromatic heterocycles. The Kier molecular flexibility index (Phi) is 6.00. The molecule has 4 fully saturated rings. The molecule has 4 aliphatic carbocycles. The molecule has 0 N–H and O–H groups in total. The molecule has 0 spiro atoms. The maximum absolute atomic E-state index is 7.13. The van der Waals surface area contributed by atoms with Gasteiger partial charge < -0.3 is 0 Å². The summed E-state index contributed by atoms with van der Waals surface area (Å²) in [6.07, 6.45) is 11.8. The fourth-order valence-electron chi connectivity index (χ4n) is 7.73. The van der Waals surface area contributed by atoms with Gasteiger partial charge in [-0.05, 0) is 0 Å². The van der Waals surface area contributed by atoms with Crippen molar-refractivity contribution >= 4 is 34.6 Å². The van der Waals surface area contributed by atoms with E-state index < -0.39 is 0 Å². The summed E-state index contributed by atoms with van der Waals surface area (Å²) in [6.45, 7) is 0. The first kappa shape index (κ1) is 22.1. The van der Waals surface area contributed by atoms with E-state index in [1.807, 2.05) is 0 Å². The molecule has 32 heavy (non-hydrogen) atoms. The zero-order valence-electron chi connectivity index (χ0n) is 19.2. The molecule has 6 rings (SSSR count). The van der Waals surface area contributed by atoms with E-state index in [-0.39, 0.29) is 7.92 Å². The predicted octanol–water partition coefficient (Wildman–Crippen LogP) is 6.73. The van der Waals surface area contributed by atoms with Crippen molar-refractivity contribution in [2.75, 3.05) is 19.0 Å². The molecule has 1 nitrogen and oxygen atoms in total. The maximum atomic E-state index is 7.13. The molecule has 4 heteroatoms. The van der Waals surface area contributed by atoms with Crippen molar-refractivity contribution in [2.45, 2.75) is 62.7 Å². The Morgan fingerprint density at radius 3 is 1.97 bits per heavy atom. The van der Waals surface area contributed by atoms with Crippen molar-refractivity contribution in [2.24, 2.45) is 23.7 Å². The summed E-state index contributed by atoms with van der Waals surface area (Å²) in [5.74, 6) is 3.89. The summed E-state index contributed by atoms with van der Waals surface area (Å²) in [5.41, 5.74) is 5.71. The summed E-state index contributed by atoms with van der Waals surface area (Å²) in [7, 11) is 4.04. The Hall–Kier alpha value is -0.378. The van der Waals surface area contributed by atoms with Gasteiger partial charge in [-0.2, -0.15) is 0 Å². The molecule has 0 amide bonds. The van der Waals surface area contributed by atoms with E-state index in [2.05, 4.69) is 74.6 Å². The van der Waals surface area contributed by atoms with Gasteiger partial charge in [0.15, 0.2) is 0 Å². The molecule has 2 aromatic rings. The molecule has 6 unspecified atom stereocenters. The SMILES string of the molecule is CN(C)c1ccccc1-c1ccc(Cl)c(P(C2CC3CCC2C3)C2CC3CCC2C3)[c]1[Pd]. The van der Waals surface area contributed by atoms with Gasteiger partial charge >= 0.3 is 212 Å². The fraction of sp³-hybridized carbons (Fsp3) is 0.571. The third kappa shape index (κ3) is 3.64. The molecule has 0 aliphatic heterocycles.